The summed E-state index contributed by atoms with van der Waals surface area (Å²) in [6.45, 7) is 9.44. The topological polar surface area (TPSA) is 37.8 Å². The van der Waals surface area contributed by atoms with E-state index < -0.39 is 0 Å². The highest BCUT2D eigenvalue weighted by Gasteiger charge is 2.17. The molecular formula is C18H26N2O. The third kappa shape index (κ3) is 3.66. The third-order valence-corrected chi connectivity index (χ3v) is 3.71. The Labute approximate surface area is 127 Å². The third-order valence-electron chi connectivity index (χ3n) is 3.71. The minimum atomic E-state index is 0.0660. The standard InChI is InChI=1S/C18H26N2O/c1-5-6-10-20-17(15-9-7-8-14(4)12-15)16(11-13(2)3)18(21)19-20/h7-9,12-13H,5-6,10-11H2,1-4H3,(H,19,21). The maximum absolute atomic E-state index is 12.3. The molecule has 3 heteroatoms. The monoisotopic (exact) mass is 286 g/mol. The molecule has 0 aliphatic carbocycles. The molecule has 0 spiro atoms. The van der Waals surface area contributed by atoms with Gasteiger partial charge in [0.05, 0.1) is 5.69 Å². The first-order valence-electron chi connectivity index (χ1n) is 7.91. The predicted molar refractivity (Wildman–Crippen MR) is 88.7 cm³/mol. The Hall–Kier alpha value is -1.77. The molecule has 0 fully saturated rings. The van der Waals surface area contributed by atoms with E-state index in [9.17, 15) is 4.79 Å². The number of unbranched alkanes of at least 4 members (excludes halogenated alkanes) is 1. The van der Waals surface area contributed by atoms with Gasteiger partial charge in [-0.25, -0.2) is 0 Å². The van der Waals surface area contributed by atoms with Crippen LogP contribution in [-0.4, -0.2) is 9.78 Å². The van der Waals surface area contributed by atoms with E-state index in [2.05, 4.69) is 57.1 Å². The van der Waals surface area contributed by atoms with Crippen LogP contribution in [0.25, 0.3) is 11.3 Å². The van der Waals surface area contributed by atoms with Crippen molar-refractivity contribution < 1.29 is 0 Å². The SMILES string of the molecule is CCCCn1[nH]c(=O)c(CC(C)C)c1-c1cccc(C)c1. The van der Waals surface area contributed by atoms with Crippen molar-refractivity contribution in [3.05, 3.63) is 45.7 Å². The molecule has 1 aromatic heterocycles. The average molecular weight is 286 g/mol. The number of H-pyrrole nitrogens is 1. The van der Waals surface area contributed by atoms with Crippen LogP contribution in [0.3, 0.4) is 0 Å². The van der Waals surface area contributed by atoms with Crippen LogP contribution in [0.4, 0.5) is 0 Å². The lowest BCUT2D eigenvalue weighted by Crippen LogP contribution is -2.09. The van der Waals surface area contributed by atoms with Gasteiger partial charge < -0.3 is 0 Å². The largest absolute Gasteiger partial charge is 0.284 e. The van der Waals surface area contributed by atoms with Gasteiger partial charge in [-0.3, -0.25) is 14.6 Å². The van der Waals surface area contributed by atoms with Gasteiger partial charge in [0, 0.05) is 17.7 Å². The fraction of sp³-hybridized carbons (Fsp3) is 0.500. The van der Waals surface area contributed by atoms with Crippen LogP contribution in [0.15, 0.2) is 29.1 Å². The first-order valence-corrected chi connectivity index (χ1v) is 7.91. The van der Waals surface area contributed by atoms with Crippen LogP contribution in [0.5, 0.6) is 0 Å². The van der Waals surface area contributed by atoms with Crippen molar-refractivity contribution >= 4 is 0 Å². The molecule has 0 amide bonds. The number of hydrogen-bond donors (Lipinski definition) is 1. The summed E-state index contributed by atoms with van der Waals surface area (Å²) in [5.41, 5.74) is 4.42. The number of hydrogen-bond acceptors (Lipinski definition) is 1. The van der Waals surface area contributed by atoms with E-state index in [0.29, 0.717) is 5.92 Å². The van der Waals surface area contributed by atoms with Crippen LogP contribution >= 0.6 is 0 Å². The number of nitrogens with one attached hydrogen (secondary N) is 1. The van der Waals surface area contributed by atoms with E-state index in [0.717, 1.165) is 42.6 Å². The van der Waals surface area contributed by atoms with Gasteiger partial charge in [-0.05, 0) is 31.7 Å². The van der Waals surface area contributed by atoms with E-state index in [4.69, 9.17) is 0 Å². The molecule has 2 rings (SSSR count). The van der Waals surface area contributed by atoms with Crippen LogP contribution in [-0.2, 0) is 13.0 Å². The summed E-state index contributed by atoms with van der Waals surface area (Å²) in [5.74, 6) is 0.469. The van der Waals surface area contributed by atoms with Crippen molar-refractivity contribution in [3.63, 3.8) is 0 Å². The summed E-state index contributed by atoms with van der Waals surface area (Å²) in [6, 6.07) is 8.41. The molecule has 0 saturated heterocycles. The molecule has 1 N–H and O–H groups in total. The minimum Gasteiger partial charge on any atom is -0.284 e. The Bertz CT molecular complexity index is 649. The molecule has 1 aromatic carbocycles. The van der Waals surface area contributed by atoms with E-state index in [1.54, 1.807) is 0 Å². The number of aryl methyl sites for hydroxylation is 2. The molecule has 2 aromatic rings. The van der Waals surface area contributed by atoms with Crippen molar-refractivity contribution in [1.82, 2.24) is 9.78 Å². The maximum Gasteiger partial charge on any atom is 0.267 e. The van der Waals surface area contributed by atoms with Gasteiger partial charge in [0.15, 0.2) is 0 Å². The number of aromatic amines is 1. The first kappa shape index (κ1) is 15.6. The smallest absolute Gasteiger partial charge is 0.267 e. The Morgan fingerprint density at radius 3 is 2.67 bits per heavy atom. The van der Waals surface area contributed by atoms with Crippen LogP contribution in [0.1, 0.15) is 44.7 Å². The second-order valence-electron chi connectivity index (χ2n) is 6.24. The number of aromatic nitrogens is 2. The molecule has 0 atom stereocenters. The zero-order valence-electron chi connectivity index (χ0n) is 13.6. The first-order chi connectivity index (χ1) is 10.0. The number of rotatable bonds is 6. The Kier molecular flexibility index (Phi) is 5.05. The quantitative estimate of drug-likeness (QED) is 0.851. The highest BCUT2D eigenvalue weighted by molar-refractivity contribution is 5.64. The molecular weight excluding hydrogens is 260 g/mol. The van der Waals surface area contributed by atoms with Gasteiger partial charge in [0.2, 0.25) is 0 Å². The number of benzene rings is 1. The second-order valence-corrected chi connectivity index (χ2v) is 6.24. The van der Waals surface area contributed by atoms with Crippen molar-refractivity contribution in [2.75, 3.05) is 0 Å². The van der Waals surface area contributed by atoms with Gasteiger partial charge in [0.25, 0.3) is 5.56 Å². The molecule has 0 bridgehead atoms. The second kappa shape index (κ2) is 6.79. The minimum absolute atomic E-state index is 0.0660. The highest BCUT2D eigenvalue weighted by Crippen LogP contribution is 2.25. The zero-order valence-corrected chi connectivity index (χ0v) is 13.6. The summed E-state index contributed by atoms with van der Waals surface area (Å²) in [5, 5.41) is 3.03. The molecule has 0 radical (unpaired) electrons. The molecule has 114 valence electrons. The van der Waals surface area contributed by atoms with E-state index >= 15 is 0 Å². The molecule has 0 unspecified atom stereocenters. The van der Waals surface area contributed by atoms with E-state index in [-0.39, 0.29) is 5.56 Å². The van der Waals surface area contributed by atoms with Gasteiger partial charge in [-0.2, -0.15) is 0 Å². The summed E-state index contributed by atoms with van der Waals surface area (Å²) >= 11 is 0. The van der Waals surface area contributed by atoms with Crippen molar-refractivity contribution in [2.45, 2.75) is 53.5 Å². The van der Waals surface area contributed by atoms with Gasteiger partial charge >= 0.3 is 0 Å². The van der Waals surface area contributed by atoms with Gasteiger partial charge in [-0.15, -0.1) is 0 Å². The summed E-state index contributed by atoms with van der Waals surface area (Å²) < 4.78 is 2.04. The van der Waals surface area contributed by atoms with Crippen molar-refractivity contribution in [3.8, 4) is 11.3 Å². The molecule has 0 aliphatic heterocycles. The van der Waals surface area contributed by atoms with Crippen molar-refractivity contribution in [2.24, 2.45) is 5.92 Å². The fourth-order valence-corrected chi connectivity index (χ4v) is 2.72. The fourth-order valence-electron chi connectivity index (χ4n) is 2.72. The lowest BCUT2D eigenvalue weighted by Gasteiger charge is -2.11. The Morgan fingerprint density at radius 1 is 1.29 bits per heavy atom. The Morgan fingerprint density at radius 2 is 2.05 bits per heavy atom. The maximum atomic E-state index is 12.3. The van der Waals surface area contributed by atoms with Crippen LogP contribution in [0.2, 0.25) is 0 Å². The summed E-state index contributed by atoms with van der Waals surface area (Å²) in [6.07, 6.45) is 3.01. The van der Waals surface area contributed by atoms with Crippen LogP contribution in [0, 0.1) is 12.8 Å². The normalized spacial score (nSPS) is 11.3. The van der Waals surface area contributed by atoms with E-state index in [1.165, 1.54) is 5.56 Å². The molecule has 0 saturated carbocycles. The highest BCUT2D eigenvalue weighted by atomic mass is 16.1. The molecule has 1 heterocycles. The molecule has 0 aliphatic rings. The number of nitrogens with zero attached hydrogens (tertiary/aromatic N) is 1. The Balaban J connectivity index is 2.55. The predicted octanol–water partition coefficient (Wildman–Crippen LogP) is 4.15. The average Bonchev–Trinajstić information content (AvgIpc) is 2.72. The summed E-state index contributed by atoms with van der Waals surface area (Å²) in [7, 11) is 0. The zero-order chi connectivity index (χ0) is 15.4. The van der Waals surface area contributed by atoms with Gasteiger partial charge in [0.1, 0.15) is 0 Å². The van der Waals surface area contributed by atoms with Crippen LogP contribution < -0.4 is 5.56 Å². The molecule has 3 nitrogen and oxygen atoms in total. The lowest BCUT2D eigenvalue weighted by molar-refractivity contribution is 0.572. The molecule has 21 heavy (non-hydrogen) atoms. The van der Waals surface area contributed by atoms with Gasteiger partial charge in [-0.1, -0.05) is 51.0 Å². The lowest BCUT2D eigenvalue weighted by atomic mass is 9.98. The van der Waals surface area contributed by atoms with E-state index in [1.807, 2.05) is 4.68 Å². The summed E-state index contributed by atoms with van der Waals surface area (Å²) in [4.78, 5) is 12.3. The van der Waals surface area contributed by atoms with Crippen molar-refractivity contribution in [1.29, 1.82) is 0 Å².